The molecule has 0 rings (SSSR count). The summed E-state index contributed by atoms with van der Waals surface area (Å²) < 4.78 is 0. The number of hydrogen-bond acceptors (Lipinski definition) is 26. The zero-order valence-electron chi connectivity index (χ0n) is 44.0. The van der Waals surface area contributed by atoms with Crippen molar-refractivity contribution in [2.24, 2.45) is 11.5 Å². The Balaban J connectivity index is 4.24. The van der Waals surface area contributed by atoms with Crippen LogP contribution in [0.4, 0.5) is 0 Å². The molecule has 0 aromatic carbocycles. The largest absolute Gasteiger partial charge is 0.393 e. The van der Waals surface area contributed by atoms with Gasteiger partial charge in [-0.1, -0.05) is 12.8 Å². The van der Waals surface area contributed by atoms with Gasteiger partial charge in [0.05, 0.1) is 6.10 Å². The Morgan fingerprint density at radius 3 is 0.889 bits per heavy atom. The molecule has 0 aromatic rings. The number of unbranched alkanes of at least 4 members (excludes halogenated alkanes) is 2. The van der Waals surface area contributed by atoms with E-state index in [9.17, 15) is 61.3 Å². The Morgan fingerprint density at radius 1 is 0.292 bits per heavy atom. The summed E-state index contributed by atoms with van der Waals surface area (Å²) in [5.41, 5.74) is 11.2. The molecule has 0 saturated heterocycles. The van der Waals surface area contributed by atoms with Gasteiger partial charge in [0.25, 0.3) is 0 Å². The van der Waals surface area contributed by atoms with Crippen LogP contribution in [-0.4, -0.2) is 233 Å². The molecule has 0 spiro atoms. The summed E-state index contributed by atoms with van der Waals surface area (Å²) in [7, 11) is 0. The SMILES string of the molecule is CC(O)CCN[C@H](O)CCNC(C)CCNC(O)CCNC(O)CCNC(O)C(CCCCN)NC(O)CCNC(O)CCNC(O)CCNC(O)CCNC(O)CCNC(O)C(CCCCN)NC(C)O. The minimum Gasteiger partial charge on any atom is -0.393 e. The van der Waals surface area contributed by atoms with Crippen molar-refractivity contribution in [3.8, 4) is 0 Å². The predicted octanol–water partition coefficient (Wildman–Crippen LogP) is -6.75. The van der Waals surface area contributed by atoms with Gasteiger partial charge in [0.15, 0.2) is 0 Å². The van der Waals surface area contributed by atoms with Crippen LogP contribution in [0.25, 0.3) is 0 Å². The van der Waals surface area contributed by atoms with Crippen molar-refractivity contribution in [2.45, 2.75) is 216 Å². The quantitative estimate of drug-likeness (QED) is 0.0199. The maximum atomic E-state index is 10.9. The molecule has 0 saturated carbocycles. The van der Waals surface area contributed by atoms with Gasteiger partial charge < -0.3 is 78.1 Å². The summed E-state index contributed by atoms with van der Waals surface area (Å²) in [5, 5.41) is 159. The van der Waals surface area contributed by atoms with Crippen LogP contribution in [0.5, 0.6) is 0 Å². The molecule has 0 bridgehead atoms. The van der Waals surface area contributed by atoms with Crippen molar-refractivity contribution in [3.63, 3.8) is 0 Å². The molecule has 0 radical (unpaired) electrons. The van der Waals surface area contributed by atoms with Crippen LogP contribution in [0.15, 0.2) is 0 Å². The molecular formula is C46H108N14O12. The van der Waals surface area contributed by atoms with Crippen molar-refractivity contribution in [3.05, 3.63) is 0 Å². The number of aliphatic hydroxyl groups excluding tert-OH is 12. The van der Waals surface area contributed by atoms with Crippen LogP contribution >= 0.6 is 0 Å². The Hall–Kier alpha value is -1.04. The third-order valence-corrected chi connectivity index (χ3v) is 11.9. The van der Waals surface area contributed by atoms with Crippen LogP contribution in [0.2, 0.25) is 0 Å². The van der Waals surface area contributed by atoms with Gasteiger partial charge in [0.2, 0.25) is 0 Å². The standard InChI is InChI=1S/C46H108N14O12/c1-32(49-24-12-37(63)51-23-11-33(2)61)10-22-50-38(64)13-25-54-43(69)18-31-58-46(72)36(9-5-7-21-48)60-44(70)19-29-56-41(67)16-27-53-39(65)14-26-52-40(66)15-28-55-42(68)17-30-57-45(71)35(59-34(3)62)8-4-6-20-47/h32-46,49-72H,4-31,47-48H2,1-3H3/t32?,33?,34?,35?,36?,37-,38?,39?,40?,41?,42?,43?,44?,45?,46?/m1/s1. The fourth-order valence-corrected chi connectivity index (χ4v) is 7.48. The lowest BCUT2D eigenvalue weighted by Crippen LogP contribution is -2.52. The number of hydrogen-bond donors (Lipinski definition) is 26. The highest BCUT2D eigenvalue weighted by molar-refractivity contribution is 4.78. The van der Waals surface area contributed by atoms with Gasteiger partial charge in [0.1, 0.15) is 68.5 Å². The van der Waals surface area contributed by atoms with Gasteiger partial charge in [-0.15, -0.1) is 0 Å². The smallest absolute Gasteiger partial charge is 0.120 e. The molecule has 0 fully saturated rings. The molecule has 72 heavy (non-hydrogen) atoms. The Labute approximate surface area is 430 Å². The van der Waals surface area contributed by atoms with Gasteiger partial charge in [0, 0.05) is 63.9 Å². The molecule has 0 aliphatic heterocycles. The number of rotatable bonds is 54. The lowest BCUT2D eigenvalue weighted by atomic mass is 10.1. The van der Waals surface area contributed by atoms with Crippen LogP contribution in [0.1, 0.15) is 124 Å². The first-order chi connectivity index (χ1) is 34.4. The van der Waals surface area contributed by atoms with Crippen LogP contribution < -0.4 is 75.3 Å². The van der Waals surface area contributed by atoms with E-state index in [4.69, 9.17) is 11.5 Å². The molecule has 26 heteroatoms. The maximum absolute atomic E-state index is 10.9. The fourth-order valence-electron chi connectivity index (χ4n) is 7.48. The number of aliphatic hydroxyl groups is 12. The molecule has 0 amide bonds. The molecule has 14 unspecified atom stereocenters. The third-order valence-electron chi connectivity index (χ3n) is 11.9. The van der Waals surface area contributed by atoms with Crippen LogP contribution in [-0.2, 0) is 0 Å². The normalized spacial score (nSPS) is 18.6. The Morgan fingerprint density at radius 2 is 0.569 bits per heavy atom. The van der Waals surface area contributed by atoms with Crippen molar-refractivity contribution < 1.29 is 61.3 Å². The van der Waals surface area contributed by atoms with Crippen molar-refractivity contribution in [1.82, 2.24) is 63.8 Å². The third kappa shape index (κ3) is 44.1. The maximum Gasteiger partial charge on any atom is 0.120 e. The average Bonchev–Trinajstić information content (AvgIpc) is 3.30. The van der Waals surface area contributed by atoms with Crippen molar-refractivity contribution >= 4 is 0 Å². The summed E-state index contributed by atoms with van der Waals surface area (Å²) in [5.74, 6) is 0. The monoisotopic (exact) mass is 1050 g/mol. The molecule has 28 N–H and O–H groups in total. The van der Waals surface area contributed by atoms with Crippen molar-refractivity contribution in [1.29, 1.82) is 0 Å². The van der Waals surface area contributed by atoms with Gasteiger partial charge in [-0.25, -0.2) is 0 Å². The van der Waals surface area contributed by atoms with E-state index < -0.39 is 80.7 Å². The van der Waals surface area contributed by atoms with Crippen LogP contribution in [0.3, 0.4) is 0 Å². The lowest BCUT2D eigenvalue weighted by molar-refractivity contribution is 0.0338. The first-order valence-electron chi connectivity index (χ1n) is 26.8. The second kappa shape index (κ2) is 47.2. The molecule has 0 aromatic heterocycles. The second-order valence-electron chi connectivity index (χ2n) is 19.0. The summed E-state index contributed by atoms with van der Waals surface area (Å²) >= 11 is 0. The summed E-state index contributed by atoms with van der Waals surface area (Å²) in [6.07, 6.45) is -1.79. The molecule has 434 valence electrons. The number of nitrogens with two attached hydrogens (primary N) is 2. The Bertz CT molecular complexity index is 1180. The van der Waals surface area contributed by atoms with Crippen molar-refractivity contribution in [2.75, 3.05) is 78.5 Å². The zero-order valence-corrected chi connectivity index (χ0v) is 44.0. The minimum atomic E-state index is -1.03. The van der Waals surface area contributed by atoms with Gasteiger partial charge in [-0.05, 0) is 143 Å². The highest BCUT2D eigenvalue weighted by atomic mass is 16.3. The van der Waals surface area contributed by atoms with Gasteiger partial charge >= 0.3 is 0 Å². The number of nitrogens with one attached hydrogen (secondary N) is 12. The van der Waals surface area contributed by atoms with E-state index in [1.165, 1.54) is 0 Å². The Kier molecular flexibility index (Phi) is 46.5. The highest BCUT2D eigenvalue weighted by Gasteiger charge is 2.23. The zero-order chi connectivity index (χ0) is 53.9. The van der Waals surface area contributed by atoms with E-state index >= 15 is 0 Å². The van der Waals surface area contributed by atoms with Gasteiger partial charge in [-0.2, -0.15) is 0 Å². The molecule has 0 aliphatic carbocycles. The van der Waals surface area contributed by atoms with E-state index in [0.29, 0.717) is 110 Å². The molecule has 15 atom stereocenters. The van der Waals surface area contributed by atoms with E-state index in [1.807, 2.05) is 6.92 Å². The predicted molar refractivity (Wildman–Crippen MR) is 279 cm³/mol. The molecule has 26 nitrogen and oxygen atoms in total. The fraction of sp³-hybridized carbons (Fsp3) is 1.00. The topological polar surface area (TPSA) is 439 Å². The summed E-state index contributed by atoms with van der Waals surface area (Å²) in [6, 6.07) is -0.713. The van der Waals surface area contributed by atoms with E-state index in [-0.39, 0.29) is 50.9 Å². The summed E-state index contributed by atoms with van der Waals surface area (Å²) in [6.45, 7) is 10.2. The van der Waals surface area contributed by atoms with Crippen LogP contribution in [0, 0.1) is 0 Å². The average molecular weight is 1050 g/mol. The van der Waals surface area contributed by atoms with Gasteiger partial charge in [-0.3, -0.25) is 58.5 Å². The first-order valence-corrected chi connectivity index (χ1v) is 26.8. The first kappa shape index (κ1) is 71.0. The molecule has 0 heterocycles. The van der Waals surface area contributed by atoms with E-state index in [2.05, 4.69) is 63.8 Å². The highest BCUT2D eigenvalue weighted by Crippen LogP contribution is 2.08. The van der Waals surface area contributed by atoms with E-state index in [1.54, 1.807) is 13.8 Å². The second-order valence-corrected chi connectivity index (χ2v) is 19.0. The van der Waals surface area contributed by atoms with E-state index in [0.717, 1.165) is 32.1 Å². The molecule has 0 aliphatic rings. The molecular weight excluding hydrogens is 941 g/mol. The summed E-state index contributed by atoms with van der Waals surface area (Å²) in [4.78, 5) is 0. The lowest BCUT2D eigenvalue weighted by Gasteiger charge is -2.28. The minimum absolute atomic E-state index is 0.173.